The molecule has 0 aromatic heterocycles. The maximum Gasteiger partial charge on any atom is 0.229 e. The molecule has 29 heavy (non-hydrogen) atoms. The second-order valence-corrected chi connectivity index (χ2v) is 8.20. The van der Waals surface area contributed by atoms with Crippen molar-refractivity contribution in [2.24, 2.45) is 17.6 Å². The van der Waals surface area contributed by atoms with Crippen molar-refractivity contribution in [2.75, 3.05) is 31.5 Å². The fraction of sp³-hybridized carbons (Fsp3) is 0.591. The number of carbonyl (C=O) groups excluding carboxylic acids is 3. The summed E-state index contributed by atoms with van der Waals surface area (Å²) >= 11 is 0. The molecule has 0 saturated carbocycles. The van der Waals surface area contributed by atoms with Crippen LogP contribution >= 0.6 is 0 Å². The zero-order valence-electron chi connectivity index (χ0n) is 17.2. The number of hydrogen-bond donors (Lipinski definition) is 2. The van der Waals surface area contributed by atoms with Crippen LogP contribution in [0.3, 0.4) is 0 Å². The summed E-state index contributed by atoms with van der Waals surface area (Å²) in [7, 11) is 0. The summed E-state index contributed by atoms with van der Waals surface area (Å²) in [6, 6.07) is 7.86. The van der Waals surface area contributed by atoms with Crippen molar-refractivity contribution in [3.8, 4) is 0 Å². The summed E-state index contributed by atoms with van der Waals surface area (Å²) in [5, 5.41) is 2.99. The highest BCUT2D eigenvalue weighted by Gasteiger charge is 2.28. The van der Waals surface area contributed by atoms with Gasteiger partial charge in [0.05, 0.1) is 11.8 Å². The number of likely N-dealkylation sites (tertiary alicyclic amines) is 2. The minimum Gasteiger partial charge on any atom is -0.369 e. The molecule has 7 heteroatoms. The normalized spacial score (nSPS) is 22.9. The first-order valence-electron chi connectivity index (χ1n) is 10.7. The number of nitrogens with one attached hydrogen (secondary N) is 1. The maximum absolute atomic E-state index is 12.6. The Morgan fingerprint density at radius 3 is 2.41 bits per heavy atom. The van der Waals surface area contributed by atoms with Gasteiger partial charge in [-0.05, 0) is 49.9 Å². The van der Waals surface area contributed by atoms with Gasteiger partial charge in [-0.15, -0.1) is 0 Å². The molecule has 2 saturated heterocycles. The van der Waals surface area contributed by atoms with Crippen molar-refractivity contribution in [1.82, 2.24) is 9.80 Å². The van der Waals surface area contributed by atoms with Crippen LogP contribution in [0.15, 0.2) is 24.3 Å². The smallest absolute Gasteiger partial charge is 0.229 e. The Labute approximate surface area is 172 Å². The number of hydrogen-bond acceptors (Lipinski definition) is 4. The number of primary amides is 1. The maximum atomic E-state index is 12.6. The topological polar surface area (TPSA) is 95.7 Å². The van der Waals surface area contributed by atoms with E-state index in [0.29, 0.717) is 19.5 Å². The van der Waals surface area contributed by atoms with Crippen molar-refractivity contribution in [1.29, 1.82) is 0 Å². The van der Waals surface area contributed by atoms with Gasteiger partial charge in [0.15, 0.2) is 0 Å². The molecule has 2 fully saturated rings. The quantitative estimate of drug-likeness (QED) is 0.763. The molecule has 3 amide bonds. The van der Waals surface area contributed by atoms with E-state index in [2.05, 4.69) is 10.2 Å². The Bertz CT molecular complexity index is 734. The van der Waals surface area contributed by atoms with Gasteiger partial charge in [-0.2, -0.15) is 0 Å². The van der Waals surface area contributed by atoms with Crippen LogP contribution in [0.5, 0.6) is 0 Å². The van der Waals surface area contributed by atoms with E-state index in [1.165, 1.54) is 0 Å². The average molecular weight is 401 g/mol. The van der Waals surface area contributed by atoms with E-state index < -0.39 is 0 Å². The summed E-state index contributed by atoms with van der Waals surface area (Å²) in [6.07, 6.45) is 4.02. The predicted molar refractivity (Wildman–Crippen MR) is 112 cm³/mol. The van der Waals surface area contributed by atoms with Crippen LogP contribution in [0.1, 0.15) is 44.6 Å². The highest BCUT2D eigenvalue weighted by Crippen LogP contribution is 2.21. The third-order valence-electron chi connectivity index (χ3n) is 5.98. The molecule has 1 aromatic carbocycles. The van der Waals surface area contributed by atoms with E-state index >= 15 is 0 Å². The molecule has 0 radical (unpaired) electrons. The first-order valence-corrected chi connectivity index (χ1v) is 10.7. The molecule has 0 aliphatic carbocycles. The molecular formula is C22H32N4O3. The van der Waals surface area contributed by atoms with Crippen LogP contribution < -0.4 is 11.1 Å². The first-order chi connectivity index (χ1) is 14.0. The van der Waals surface area contributed by atoms with Gasteiger partial charge in [0.25, 0.3) is 0 Å². The Morgan fingerprint density at radius 2 is 1.72 bits per heavy atom. The van der Waals surface area contributed by atoms with Gasteiger partial charge in [-0.1, -0.05) is 19.1 Å². The van der Waals surface area contributed by atoms with Crippen LogP contribution in [-0.4, -0.2) is 53.7 Å². The van der Waals surface area contributed by atoms with Crippen molar-refractivity contribution in [3.05, 3.63) is 29.8 Å². The summed E-state index contributed by atoms with van der Waals surface area (Å²) in [4.78, 5) is 40.0. The summed E-state index contributed by atoms with van der Waals surface area (Å²) in [5.41, 5.74) is 7.37. The number of anilines is 1. The number of nitrogens with zero attached hydrogens (tertiary/aromatic N) is 2. The summed E-state index contributed by atoms with van der Waals surface area (Å²) < 4.78 is 0. The lowest BCUT2D eigenvalue weighted by Gasteiger charge is -2.32. The van der Waals surface area contributed by atoms with E-state index in [4.69, 9.17) is 5.73 Å². The standard InChI is InChI=1S/C22H32N4O3/c1-2-20(27)26-12-4-6-18(15-26)22(29)24-19-9-7-16(8-10-19)13-25-11-3-5-17(14-25)21(23)28/h7-10,17-18H,2-6,11-15H2,1H3,(H2,23,28)(H,24,29). The molecule has 2 aliphatic heterocycles. The second-order valence-electron chi connectivity index (χ2n) is 8.20. The fourth-order valence-corrected chi connectivity index (χ4v) is 4.27. The van der Waals surface area contributed by atoms with E-state index in [-0.39, 0.29) is 29.6 Å². The Hall–Kier alpha value is -2.41. The Balaban J connectivity index is 1.51. The lowest BCUT2D eigenvalue weighted by Crippen LogP contribution is -2.43. The van der Waals surface area contributed by atoms with Crippen LogP contribution in [0, 0.1) is 11.8 Å². The zero-order chi connectivity index (χ0) is 20.8. The largest absolute Gasteiger partial charge is 0.369 e. The fourth-order valence-electron chi connectivity index (χ4n) is 4.27. The Kier molecular flexibility index (Phi) is 7.25. The molecule has 3 N–H and O–H groups in total. The summed E-state index contributed by atoms with van der Waals surface area (Å²) in [6.45, 7) is 5.56. The third-order valence-corrected chi connectivity index (χ3v) is 5.98. The molecule has 2 unspecified atom stereocenters. The van der Waals surface area contributed by atoms with Crippen LogP contribution in [0.25, 0.3) is 0 Å². The van der Waals surface area contributed by atoms with Crippen LogP contribution in [0.2, 0.25) is 0 Å². The summed E-state index contributed by atoms with van der Waals surface area (Å²) in [5.74, 6) is -0.334. The van der Waals surface area contributed by atoms with E-state index in [9.17, 15) is 14.4 Å². The van der Waals surface area contributed by atoms with E-state index in [1.54, 1.807) is 4.90 Å². The molecular weight excluding hydrogens is 368 g/mol. The molecule has 2 heterocycles. The van der Waals surface area contributed by atoms with E-state index in [1.807, 2.05) is 31.2 Å². The van der Waals surface area contributed by atoms with Crippen molar-refractivity contribution >= 4 is 23.4 Å². The second kappa shape index (κ2) is 9.87. The minimum absolute atomic E-state index is 0.0216. The van der Waals surface area contributed by atoms with Gasteiger partial charge in [-0.3, -0.25) is 19.3 Å². The Morgan fingerprint density at radius 1 is 1.03 bits per heavy atom. The molecule has 2 atom stereocenters. The number of nitrogens with two attached hydrogens (primary N) is 1. The number of rotatable bonds is 6. The number of piperidine rings is 2. The molecule has 0 spiro atoms. The highest BCUT2D eigenvalue weighted by molar-refractivity contribution is 5.93. The number of amides is 3. The molecule has 7 nitrogen and oxygen atoms in total. The van der Waals surface area contributed by atoms with Gasteiger partial charge in [0.2, 0.25) is 17.7 Å². The van der Waals surface area contributed by atoms with Crippen molar-refractivity contribution in [2.45, 2.75) is 45.6 Å². The zero-order valence-corrected chi connectivity index (χ0v) is 17.2. The van der Waals surface area contributed by atoms with Gasteiger partial charge >= 0.3 is 0 Å². The third kappa shape index (κ3) is 5.79. The molecule has 158 valence electrons. The SMILES string of the molecule is CCC(=O)N1CCCC(C(=O)Nc2ccc(CN3CCCC(C(N)=O)C3)cc2)C1. The molecule has 1 aromatic rings. The minimum atomic E-state index is -0.213. The van der Waals surface area contributed by atoms with Gasteiger partial charge in [-0.25, -0.2) is 0 Å². The monoisotopic (exact) mass is 400 g/mol. The molecule has 3 rings (SSSR count). The van der Waals surface area contributed by atoms with Gasteiger partial charge in [0, 0.05) is 38.3 Å². The van der Waals surface area contributed by atoms with Crippen molar-refractivity contribution < 1.29 is 14.4 Å². The molecule has 2 aliphatic rings. The lowest BCUT2D eigenvalue weighted by atomic mass is 9.96. The lowest BCUT2D eigenvalue weighted by molar-refractivity contribution is -0.134. The highest BCUT2D eigenvalue weighted by atomic mass is 16.2. The number of carbonyl (C=O) groups is 3. The van der Waals surface area contributed by atoms with Gasteiger partial charge < -0.3 is 16.0 Å². The van der Waals surface area contributed by atoms with Gasteiger partial charge in [0.1, 0.15) is 0 Å². The van der Waals surface area contributed by atoms with Crippen molar-refractivity contribution in [3.63, 3.8) is 0 Å². The first kappa shape index (κ1) is 21.3. The molecule has 0 bridgehead atoms. The number of benzene rings is 1. The van der Waals surface area contributed by atoms with Crippen LogP contribution in [0.4, 0.5) is 5.69 Å². The predicted octanol–water partition coefficient (Wildman–Crippen LogP) is 1.97. The van der Waals surface area contributed by atoms with Crippen LogP contribution in [-0.2, 0) is 20.9 Å². The van der Waals surface area contributed by atoms with E-state index in [0.717, 1.165) is 56.6 Å². The average Bonchev–Trinajstić information content (AvgIpc) is 2.74.